The van der Waals surface area contributed by atoms with E-state index in [1.165, 1.54) is 16.9 Å². The van der Waals surface area contributed by atoms with Crippen LogP contribution in [0.15, 0.2) is 30.6 Å². The molecule has 0 fully saturated rings. The zero-order valence-corrected chi connectivity index (χ0v) is 14.2. The predicted octanol–water partition coefficient (Wildman–Crippen LogP) is 2.46. The summed E-state index contributed by atoms with van der Waals surface area (Å²) in [5.41, 5.74) is 1.98. The quantitative estimate of drug-likeness (QED) is 0.798. The first-order valence-electron chi connectivity index (χ1n) is 7.48. The molecule has 0 saturated heterocycles. The van der Waals surface area contributed by atoms with Crippen LogP contribution in [0.4, 0.5) is 0 Å². The van der Waals surface area contributed by atoms with Gasteiger partial charge in [0.15, 0.2) is 0 Å². The van der Waals surface area contributed by atoms with Crippen LogP contribution in [0, 0.1) is 0 Å². The number of rotatable bonds is 4. The van der Waals surface area contributed by atoms with Gasteiger partial charge in [-0.25, -0.2) is 0 Å². The van der Waals surface area contributed by atoms with Crippen LogP contribution in [-0.4, -0.2) is 32.3 Å². The number of hydrogen-bond acceptors (Lipinski definition) is 5. The van der Waals surface area contributed by atoms with Gasteiger partial charge in [-0.2, -0.15) is 9.61 Å². The van der Waals surface area contributed by atoms with Gasteiger partial charge in [0.25, 0.3) is 5.91 Å². The van der Waals surface area contributed by atoms with Crippen LogP contribution in [-0.2, 0) is 11.8 Å². The Bertz CT molecular complexity index is 784. The number of carbonyl (C=O) groups excluding carboxylic acids is 1. The van der Waals surface area contributed by atoms with Crippen molar-refractivity contribution in [1.82, 2.24) is 25.1 Å². The predicted molar refractivity (Wildman–Crippen MR) is 89.8 cm³/mol. The summed E-state index contributed by atoms with van der Waals surface area (Å²) < 4.78 is 1.65. The Morgan fingerprint density at radius 3 is 2.65 bits per heavy atom. The zero-order chi connectivity index (χ0) is 16.4. The van der Waals surface area contributed by atoms with Crippen LogP contribution in [0.1, 0.15) is 41.7 Å². The Balaban J connectivity index is 1.55. The fourth-order valence-electron chi connectivity index (χ4n) is 2.21. The molecule has 2 heterocycles. The van der Waals surface area contributed by atoms with E-state index in [9.17, 15) is 4.79 Å². The van der Waals surface area contributed by atoms with Crippen molar-refractivity contribution in [3.8, 4) is 0 Å². The topological polar surface area (TPSA) is 72.2 Å². The normalized spacial score (nSPS) is 11.8. The molecule has 120 valence electrons. The summed E-state index contributed by atoms with van der Waals surface area (Å²) in [4.78, 5) is 12.9. The van der Waals surface area contributed by atoms with Crippen LogP contribution >= 0.6 is 11.3 Å². The zero-order valence-electron chi connectivity index (χ0n) is 13.4. The van der Waals surface area contributed by atoms with Gasteiger partial charge in [-0.05, 0) is 23.1 Å². The van der Waals surface area contributed by atoms with Crippen LogP contribution in [0.3, 0.4) is 0 Å². The van der Waals surface area contributed by atoms with E-state index in [-0.39, 0.29) is 11.3 Å². The standard InChI is InChI=1S/C16H19N5OS/c1-16(2,3)12-6-4-11(5-7-12)14(22)17-9-8-13-20-21-10-18-19-15(21)23-13/h4-7,10H,8-9H2,1-3H3,(H,17,22). The van der Waals surface area contributed by atoms with Crippen molar-refractivity contribution in [2.75, 3.05) is 6.54 Å². The third-order valence-electron chi connectivity index (χ3n) is 3.57. The number of amides is 1. The molecule has 0 saturated carbocycles. The molecule has 3 aromatic rings. The lowest BCUT2D eigenvalue weighted by Crippen LogP contribution is -2.25. The molecular formula is C16H19N5OS. The van der Waals surface area contributed by atoms with E-state index in [0.717, 1.165) is 9.97 Å². The molecular weight excluding hydrogens is 310 g/mol. The van der Waals surface area contributed by atoms with Crippen molar-refractivity contribution in [3.63, 3.8) is 0 Å². The SMILES string of the molecule is CC(C)(C)c1ccc(C(=O)NCCc2nn3cnnc3s2)cc1. The highest BCUT2D eigenvalue weighted by molar-refractivity contribution is 7.16. The van der Waals surface area contributed by atoms with Gasteiger partial charge in [0.2, 0.25) is 4.96 Å². The summed E-state index contributed by atoms with van der Waals surface area (Å²) in [7, 11) is 0. The first-order chi connectivity index (χ1) is 10.9. The molecule has 7 heteroatoms. The van der Waals surface area contributed by atoms with Crippen molar-refractivity contribution >= 4 is 22.2 Å². The van der Waals surface area contributed by atoms with E-state index in [2.05, 4.69) is 41.4 Å². The number of carbonyl (C=O) groups is 1. The second kappa shape index (κ2) is 6.08. The molecule has 0 spiro atoms. The Kier molecular flexibility index (Phi) is 4.12. The van der Waals surface area contributed by atoms with Crippen molar-refractivity contribution in [2.24, 2.45) is 0 Å². The second-order valence-electron chi connectivity index (χ2n) is 6.39. The van der Waals surface area contributed by atoms with Crippen LogP contribution in [0.5, 0.6) is 0 Å². The van der Waals surface area contributed by atoms with Crippen molar-refractivity contribution < 1.29 is 4.79 Å². The molecule has 1 N–H and O–H groups in total. The van der Waals surface area contributed by atoms with E-state index in [1.54, 1.807) is 10.8 Å². The lowest BCUT2D eigenvalue weighted by molar-refractivity contribution is 0.0954. The molecule has 1 aromatic carbocycles. The largest absolute Gasteiger partial charge is 0.352 e. The first-order valence-corrected chi connectivity index (χ1v) is 8.29. The van der Waals surface area contributed by atoms with Gasteiger partial charge in [0.1, 0.15) is 11.3 Å². The molecule has 0 aliphatic heterocycles. The maximum Gasteiger partial charge on any atom is 0.251 e. The van der Waals surface area contributed by atoms with E-state index in [0.29, 0.717) is 18.5 Å². The maximum atomic E-state index is 12.2. The molecule has 6 nitrogen and oxygen atoms in total. The van der Waals surface area contributed by atoms with E-state index in [4.69, 9.17) is 0 Å². The average molecular weight is 329 g/mol. The second-order valence-corrected chi connectivity index (χ2v) is 7.43. The number of aromatic nitrogens is 4. The monoisotopic (exact) mass is 329 g/mol. The molecule has 0 aliphatic rings. The van der Waals surface area contributed by atoms with Gasteiger partial charge in [-0.15, -0.1) is 10.2 Å². The van der Waals surface area contributed by atoms with E-state index < -0.39 is 0 Å². The van der Waals surface area contributed by atoms with Crippen molar-refractivity contribution in [1.29, 1.82) is 0 Å². The summed E-state index contributed by atoms with van der Waals surface area (Å²) in [6.07, 6.45) is 2.25. The van der Waals surface area contributed by atoms with Crippen molar-refractivity contribution in [2.45, 2.75) is 32.6 Å². The molecule has 1 amide bonds. The number of hydrogen-bond donors (Lipinski definition) is 1. The number of nitrogens with zero attached hydrogens (tertiary/aromatic N) is 4. The number of nitrogens with one attached hydrogen (secondary N) is 1. The van der Waals surface area contributed by atoms with Gasteiger partial charge in [-0.3, -0.25) is 4.79 Å². The smallest absolute Gasteiger partial charge is 0.251 e. The Morgan fingerprint density at radius 1 is 1.26 bits per heavy atom. The highest BCUT2D eigenvalue weighted by Gasteiger charge is 2.14. The Labute approximate surface area is 138 Å². The van der Waals surface area contributed by atoms with Gasteiger partial charge in [-0.1, -0.05) is 44.2 Å². The Morgan fingerprint density at radius 2 is 2.00 bits per heavy atom. The molecule has 3 rings (SSSR count). The van der Waals surface area contributed by atoms with E-state index in [1.807, 2.05) is 24.3 Å². The van der Waals surface area contributed by atoms with Crippen LogP contribution in [0.25, 0.3) is 4.96 Å². The summed E-state index contributed by atoms with van der Waals surface area (Å²) in [5.74, 6) is -0.0616. The minimum atomic E-state index is -0.0616. The molecule has 0 aliphatic carbocycles. The first kappa shape index (κ1) is 15.6. The molecule has 0 radical (unpaired) electrons. The van der Waals surface area contributed by atoms with Gasteiger partial charge >= 0.3 is 0 Å². The Hall–Kier alpha value is -2.28. The molecule has 0 atom stereocenters. The molecule has 2 aromatic heterocycles. The lowest BCUT2D eigenvalue weighted by atomic mass is 9.87. The van der Waals surface area contributed by atoms with Gasteiger partial charge in [0, 0.05) is 18.5 Å². The molecule has 23 heavy (non-hydrogen) atoms. The van der Waals surface area contributed by atoms with Gasteiger partial charge in [0.05, 0.1) is 0 Å². The molecule has 0 unspecified atom stereocenters. The summed E-state index contributed by atoms with van der Waals surface area (Å²) in [5, 5.41) is 15.9. The van der Waals surface area contributed by atoms with Crippen molar-refractivity contribution in [3.05, 3.63) is 46.7 Å². The summed E-state index contributed by atoms with van der Waals surface area (Å²) in [6, 6.07) is 7.77. The molecule has 0 bridgehead atoms. The minimum absolute atomic E-state index is 0.0616. The third kappa shape index (κ3) is 3.56. The highest BCUT2D eigenvalue weighted by atomic mass is 32.1. The average Bonchev–Trinajstić information content (AvgIpc) is 3.07. The number of fused-ring (bicyclic) bond motifs is 1. The van der Waals surface area contributed by atoms with E-state index >= 15 is 0 Å². The maximum absolute atomic E-state index is 12.2. The lowest BCUT2D eigenvalue weighted by Gasteiger charge is -2.19. The number of benzene rings is 1. The minimum Gasteiger partial charge on any atom is -0.352 e. The summed E-state index contributed by atoms with van der Waals surface area (Å²) in [6.45, 7) is 7.01. The highest BCUT2D eigenvalue weighted by Crippen LogP contribution is 2.22. The van der Waals surface area contributed by atoms with Crippen LogP contribution in [0.2, 0.25) is 0 Å². The van der Waals surface area contributed by atoms with Gasteiger partial charge < -0.3 is 5.32 Å². The fraction of sp³-hybridized carbons (Fsp3) is 0.375. The summed E-state index contributed by atoms with van der Waals surface area (Å²) >= 11 is 1.48. The fourth-order valence-corrected chi connectivity index (χ4v) is 3.02. The van der Waals surface area contributed by atoms with Crippen LogP contribution < -0.4 is 5.32 Å². The third-order valence-corrected chi connectivity index (χ3v) is 4.54.